The molecule has 0 saturated carbocycles. The maximum atomic E-state index is 13.2. The molecule has 1 aromatic rings. The summed E-state index contributed by atoms with van der Waals surface area (Å²) in [7, 11) is 0. The van der Waals surface area contributed by atoms with Crippen LogP contribution in [0.3, 0.4) is 0 Å². The van der Waals surface area contributed by atoms with Crippen molar-refractivity contribution in [1.82, 2.24) is 10.2 Å². The van der Waals surface area contributed by atoms with Gasteiger partial charge < -0.3 is 20.1 Å². The molecule has 5 nitrogen and oxygen atoms in total. The lowest BCUT2D eigenvalue weighted by atomic mass is 9.83. The van der Waals surface area contributed by atoms with E-state index in [1.807, 2.05) is 4.90 Å². The molecule has 0 unspecified atom stereocenters. The van der Waals surface area contributed by atoms with E-state index in [0.717, 1.165) is 31.5 Å². The first-order valence-corrected chi connectivity index (χ1v) is 9.98. The number of carbonyl (C=O) groups is 1. The summed E-state index contributed by atoms with van der Waals surface area (Å²) in [6.45, 7) is 3.12. The number of aliphatic hydroxyl groups excluding tert-OH is 1. The van der Waals surface area contributed by atoms with Crippen LogP contribution in [0.15, 0.2) is 5.38 Å². The molecular formula is C18H24N2O3S. The predicted octanol–water partition coefficient (Wildman–Crippen LogP) is 1.05. The van der Waals surface area contributed by atoms with Gasteiger partial charge >= 0.3 is 0 Å². The molecule has 3 fully saturated rings. The Kier molecular flexibility index (Phi) is 3.53. The summed E-state index contributed by atoms with van der Waals surface area (Å²) in [5, 5.41) is 15.3. The van der Waals surface area contributed by atoms with E-state index in [0.29, 0.717) is 13.1 Å². The molecule has 3 saturated heterocycles. The first kappa shape index (κ1) is 15.3. The van der Waals surface area contributed by atoms with Gasteiger partial charge in [0.1, 0.15) is 5.60 Å². The number of nitrogens with one attached hydrogen (secondary N) is 1. The fraction of sp³-hybridized carbons (Fsp3) is 0.722. The zero-order valence-electron chi connectivity index (χ0n) is 13.8. The van der Waals surface area contributed by atoms with Crippen LogP contribution < -0.4 is 5.32 Å². The number of carbonyl (C=O) groups excluding carboxylic acids is 1. The van der Waals surface area contributed by atoms with Gasteiger partial charge in [0.25, 0.3) is 5.91 Å². The topological polar surface area (TPSA) is 61.8 Å². The van der Waals surface area contributed by atoms with Crippen LogP contribution in [0, 0.1) is 11.8 Å². The zero-order valence-corrected chi connectivity index (χ0v) is 14.6. The van der Waals surface area contributed by atoms with Crippen LogP contribution in [-0.2, 0) is 17.6 Å². The minimum Gasteiger partial charge on any atom is -0.396 e. The number of hydrogen-bond acceptors (Lipinski definition) is 5. The molecule has 0 aromatic carbocycles. The molecule has 1 aliphatic carbocycles. The fourth-order valence-electron chi connectivity index (χ4n) is 5.30. The first-order valence-electron chi connectivity index (χ1n) is 9.10. The van der Waals surface area contributed by atoms with Crippen molar-refractivity contribution in [3.63, 3.8) is 0 Å². The van der Waals surface area contributed by atoms with Crippen LogP contribution in [0.5, 0.6) is 0 Å². The highest BCUT2D eigenvalue weighted by molar-refractivity contribution is 7.10. The van der Waals surface area contributed by atoms with Crippen molar-refractivity contribution in [3.05, 3.63) is 21.4 Å². The SMILES string of the molecule is O=C(c1csc2c1CCCC2)N1C[C@@H]2[C@H](CO)[C@H]3CNC[C@]2(C1)O3. The van der Waals surface area contributed by atoms with Crippen molar-refractivity contribution in [1.29, 1.82) is 0 Å². The van der Waals surface area contributed by atoms with Crippen molar-refractivity contribution in [2.24, 2.45) is 11.8 Å². The Morgan fingerprint density at radius 1 is 1.46 bits per heavy atom. The third kappa shape index (κ3) is 2.06. The Hall–Kier alpha value is -0.950. The van der Waals surface area contributed by atoms with Crippen LogP contribution in [0.2, 0.25) is 0 Å². The van der Waals surface area contributed by atoms with E-state index in [-0.39, 0.29) is 36.1 Å². The summed E-state index contributed by atoms with van der Waals surface area (Å²) < 4.78 is 6.31. The van der Waals surface area contributed by atoms with Crippen molar-refractivity contribution in [2.45, 2.75) is 37.4 Å². The van der Waals surface area contributed by atoms with E-state index < -0.39 is 0 Å². The number of ether oxygens (including phenoxy) is 1. The lowest BCUT2D eigenvalue weighted by Gasteiger charge is -2.34. The monoisotopic (exact) mass is 348 g/mol. The third-order valence-corrected chi connectivity index (χ3v) is 7.58. The molecule has 4 heterocycles. The Labute approximate surface area is 146 Å². The summed E-state index contributed by atoms with van der Waals surface area (Å²) >= 11 is 1.75. The van der Waals surface area contributed by atoms with Crippen LogP contribution in [-0.4, -0.2) is 60.4 Å². The van der Waals surface area contributed by atoms with Gasteiger partial charge in [-0.1, -0.05) is 0 Å². The van der Waals surface area contributed by atoms with Crippen molar-refractivity contribution < 1.29 is 14.6 Å². The van der Waals surface area contributed by atoms with Gasteiger partial charge in [0.15, 0.2) is 0 Å². The average molecular weight is 348 g/mol. The summed E-state index contributed by atoms with van der Waals surface area (Å²) in [5.41, 5.74) is 1.93. The van der Waals surface area contributed by atoms with Gasteiger partial charge in [-0.25, -0.2) is 0 Å². The van der Waals surface area contributed by atoms with Gasteiger partial charge in [0.2, 0.25) is 0 Å². The van der Waals surface area contributed by atoms with Gasteiger partial charge in [-0.15, -0.1) is 11.3 Å². The van der Waals surface area contributed by atoms with Gasteiger partial charge in [0, 0.05) is 48.3 Å². The Balaban J connectivity index is 1.41. The number of amides is 1. The Morgan fingerprint density at radius 3 is 3.21 bits per heavy atom. The number of likely N-dealkylation sites (tertiary alicyclic amines) is 1. The summed E-state index contributed by atoms with van der Waals surface area (Å²) in [5.74, 6) is 0.565. The van der Waals surface area contributed by atoms with Gasteiger partial charge in [0.05, 0.1) is 18.2 Å². The second-order valence-electron chi connectivity index (χ2n) is 7.75. The molecule has 3 aliphatic heterocycles. The molecular weight excluding hydrogens is 324 g/mol. The molecule has 0 radical (unpaired) electrons. The summed E-state index contributed by atoms with van der Waals surface area (Å²) in [6, 6.07) is 0. The van der Waals surface area contributed by atoms with Crippen LogP contribution in [0.25, 0.3) is 0 Å². The zero-order chi connectivity index (χ0) is 16.3. The normalized spacial score (nSPS) is 37.4. The highest BCUT2D eigenvalue weighted by atomic mass is 32.1. The van der Waals surface area contributed by atoms with Crippen LogP contribution in [0.1, 0.15) is 33.6 Å². The second-order valence-corrected chi connectivity index (χ2v) is 8.71. The number of aryl methyl sites for hydroxylation is 1. The molecule has 2 N–H and O–H groups in total. The molecule has 2 bridgehead atoms. The largest absolute Gasteiger partial charge is 0.396 e. The molecule has 6 heteroatoms. The highest BCUT2D eigenvalue weighted by Gasteiger charge is 2.61. The number of fused-ring (bicyclic) bond motifs is 2. The molecule has 1 amide bonds. The second kappa shape index (κ2) is 5.53. The van der Waals surface area contributed by atoms with Crippen molar-refractivity contribution in [2.75, 3.05) is 32.8 Å². The highest BCUT2D eigenvalue weighted by Crippen LogP contribution is 2.47. The standard InChI is InChI=1S/C18H24N2O3S/c21-7-12-14-6-20(10-18(14)9-19-5-15(12)23-18)17(22)13-8-24-16-4-2-1-3-11(13)16/h8,12,14-15,19,21H,1-7,9-10H2/t12-,14+,15+,18+/m0/s1. The quantitative estimate of drug-likeness (QED) is 0.839. The minimum absolute atomic E-state index is 0.0971. The summed E-state index contributed by atoms with van der Waals surface area (Å²) in [6.07, 6.45) is 4.70. The predicted molar refractivity (Wildman–Crippen MR) is 91.4 cm³/mol. The van der Waals surface area contributed by atoms with E-state index in [1.165, 1.54) is 23.3 Å². The molecule has 130 valence electrons. The lowest BCUT2D eigenvalue weighted by Crippen LogP contribution is -2.52. The molecule has 1 spiro atoms. The minimum atomic E-state index is -0.290. The first-order chi connectivity index (χ1) is 11.7. The molecule has 5 rings (SSSR count). The lowest BCUT2D eigenvalue weighted by molar-refractivity contribution is -0.0726. The van der Waals surface area contributed by atoms with E-state index in [4.69, 9.17) is 4.74 Å². The number of rotatable bonds is 2. The van der Waals surface area contributed by atoms with E-state index >= 15 is 0 Å². The number of morpholine rings is 1. The van der Waals surface area contributed by atoms with E-state index in [9.17, 15) is 9.90 Å². The third-order valence-electron chi connectivity index (χ3n) is 6.49. The van der Waals surface area contributed by atoms with Gasteiger partial charge in [-0.05, 0) is 31.2 Å². The molecule has 4 atom stereocenters. The Bertz CT molecular complexity index is 675. The number of aliphatic hydroxyl groups is 1. The molecule has 24 heavy (non-hydrogen) atoms. The maximum Gasteiger partial charge on any atom is 0.255 e. The van der Waals surface area contributed by atoms with E-state index in [2.05, 4.69) is 10.7 Å². The van der Waals surface area contributed by atoms with Crippen LogP contribution >= 0.6 is 11.3 Å². The molecule has 1 aromatic heterocycles. The fourth-order valence-corrected chi connectivity index (χ4v) is 6.42. The van der Waals surface area contributed by atoms with Crippen molar-refractivity contribution >= 4 is 17.2 Å². The number of thiophene rings is 1. The van der Waals surface area contributed by atoms with Gasteiger partial charge in [-0.3, -0.25) is 4.79 Å². The van der Waals surface area contributed by atoms with Crippen LogP contribution in [0.4, 0.5) is 0 Å². The number of hydrogen-bond donors (Lipinski definition) is 2. The molecule has 4 aliphatic rings. The smallest absolute Gasteiger partial charge is 0.255 e. The Morgan fingerprint density at radius 2 is 2.33 bits per heavy atom. The van der Waals surface area contributed by atoms with Crippen molar-refractivity contribution in [3.8, 4) is 0 Å². The van der Waals surface area contributed by atoms with E-state index in [1.54, 1.807) is 11.3 Å². The average Bonchev–Trinajstić information content (AvgIpc) is 3.23. The summed E-state index contributed by atoms with van der Waals surface area (Å²) in [4.78, 5) is 16.5. The number of nitrogens with zero attached hydrogens (tertiary/aromatic N) is 1. The van der Waals surface area contributed by atoms with Gasteiger partial charge in [-0.2, -0.15) is 0 Å². The maximum absolute atomic E-state index is 13.2.